The lowest BCUT2D eigenvalue weighted by Gasteiger charge is -2.42. The predicted molar refractivity (Wildman–Crippen MR) is 90.9 cm³/mol. The highest BCUT2D eigenvalue weighted by Gasteiger charge is 2.34. The molecule has 4 nitrogen and oxygen atoms in total. The van der Waals surface area contributed by atoms with Crippen LogP contribution in [0.25, 0.3) is 0 Å². The number of nitrogens with zero attached hydrogens (tertiary/aromatic N) is 2. The molecule has 1 saturated heterocycles. The molecule has 2 atom stereocenters. The molecule has 2 unspecified atom stereocenters. The van der Waals surface area contributed by atoms with Crippen LogP contribution in [-0.4, -0.2) is 46.8 Å². The van der Waals surface area contributed by atoms with Crippen LogP contribution in [0.5, 0.6) is 0 Å². The van der Waals surface area contributed by atoms with Crippen LogP contribution in [0.4, 0.5) is 0 Å². The van der Waals surface area contributed by atoms with Gasteiger partial charge < -0.3 is 9.80 Å². The van der Waals surface area contributed by atoms with Gasteiger partial charge in [0.15, 0.2) is 0 Å². The number of carbonyl (C=O) groups excluding carboxylic acids is 2. The van der Waals surface area contributed by atoms with Crippen molar-refractivity contribution in [1.82, 2.24) is 9.80 Å². The van der Waals surface area contributed by atoms with E-state index >= 15 is 0 Å². The second-order valence-corrected chi connectivity index (χ2v) is 7.45. The van der Waals surface area contributed by atoms with Crippen molar-refractivity contribution in [2.45, 2.75) is 76.8 Å². The summed E-state index contributed by atoms with van der Waals surface area (Å²) in [6, 6.07) is 0.797. The number of hydrogen-bond donors (Lipinski definition) is 0. The molecule has 3 aliphatic rings. The molecule has 1 aliphatic heterocycles. The van der Waals surface area contributed by atoms with Gasteiger partial charge in [0, 0.05) is 38.5 Å². The number of allylic oxidation sites excluding steroid dienone is 2. The van der Waals surface area contributed by atoms with Gasteiger partial charge in [0.25, 0.3) is 0 Å². The van der Waals surface area contributed by atoms with Crippen LogP contribution in [-0.2, 0) is 9.59 Å². The van der Waals surface area contributed by atoms with Gasteiger partial charge in [-0.05, 0) is 57.3 Å². The molecule has 0 aromatic heterocycles. The van der Waals surface area contributed by atoms with E-state index in [9.17, 15) is 9.59 Å². The second kappa shape index (κ2) is 7.50. The lowest BCUT2D eigenvalue weighted by molar-refractivity contribution is -0.136. The molecule has 1 saturated carbocycles. The molecule has 2 amide bonds. The average Bonchev–Trinajstić information content (AvgIpc) is 2.84. The summed E-state index contributed by atoms with van der Waals surface area (Å²) < 4.78 is 0. The summed E-state index contributed by atoms with van der Waals surface area (Å²) in [5, 5.41) is 0. The van der Waals surface area contributed by atoms with Crippen molar-refractivity contribution in [1.29, 1.82) is 0 Å². The van der Waals surface area contributed by atoms with Gasteiger partial charge in [0.05, 0.1) is 0 Å². The van der Waals surface area contributed by atoms with Gasteiger partial charge in [-0.15, -0.1) is 0 Å². The van der Waals surface area contributed by atoms with Gasteiger partial charge in [-0.3, -0.25) is 9.59 Å². The summed E-state index contributed by atoms with van der Waals surface area (Å²) in [4.78, 5) is 28.8. The molecule has 0 aromatic carbocycles. The van der Waals surface area contributed by atoms with Gasteiger partial charge in [-0.1, -0.05) is 12.2 Å². The van der Waals surface area contributed by atoms with Gasteiger partial charge >= 0.3 is 0 Å². The highest BCUT2D eigenvalue weighted by atomic mass is 16.2. The van der Waals surface area contributed by atoms with E-state index in [0.29, 0.717) is 30.3 Å². The molecule has 23 heavy (non-hydrogen) atoms. The smallest absolute Gasteiger partial charge is 0.223 e. The molecular formula is C19H30N2O2. The Balaban J connectivity index is 1.54. The van der Waals surface area contributed by atoms with Crippen LogP contribution < -0.4 is 0 Å². The van der Waals surface area contributed by atoms with Crippen LogP contribution in [0, 0.1) is 5.92 Å². The zero-order valence-electron chi connectivity index (χ0n) is 14.4. The third-order valence-corrected chi connectivity index (χ3v) is 5.82. The number of carbonyl (C=O) groups is 2. The molecule has 1 heterocycles. The van der Waals surface area contributed by atoms with E-state index in [1.165, 1.54) is 6.42 Å². The number of amides is 2. The first-order valence-electron chi connectivity index (χ1n) is 9.38. The minimum Gasteiger partial charge on any atom is -0.343 e. The fourth-order valence-corrected chi connectivity index (χ4v) is 4.30. The topological polar surface area (TPSA) is 40.6 Å². The van der Waals surface area contributed by atoms with E-state index in [2.05, 4.69) is 17.1 Å². The molecule has 2 fully saturated rings. The van der Waals surface area contributed by atoms with Crippen LogP contribution in [0.3, 0.4) is 0 Å². The first-order chi connectivity index (χ1) is 11.1. The summed E-state index contributed by atoms with van der Waals surface area (Å²) in [7, 11) is 0. The number of rotatable bonds is 4. The molecule has 4 heteroatoms. The predicted octanol–water partition coefficient (Wildman–Crippen LogP) is 3.12. The quantitative estimate of drug-likeness (QED) is 0.747. The monoisotopic (exact) mass is 318 g/mol. The molecule has 3 rings (SSSR count). The standard InChI is InChI=1S/C19H30N2O2/c1-15(22)21(17-8-4-9-17)18-10-5-12-20(13-11-18)19(23)14-16-6-2-3-7-16/h2,6,16-18H,3-5,7-14H2,1H3. The maximum atomic E-state index is 12.5. The van der Waals surface area contributed by atoms with E-state index in [0.717, 1.165) is 58.0 Å². The van der Waals surface area contributed by atoms with Crippen molar-refractivity contribution >= 4 is 11.8 Å². The Bertz CT molecular complexity index is 470. The van der Waals surface area contributed by atoms with Crippen molar-refractivity contribution in [2.24, 2.45) is 5.92 Å². The minimum absolute atomic E-state index is 0.218. The van der Waals surface area contributed by atoms with Crippen molar-refractivity contribution in [3.63, 3.8) is 0 Å². The van der Waals surface area contributed by atoms with Crippen LogP contribution in [0.1, 0.15) is 64.7 Å². The number of likely N-dealkylation sites (tertiary alicyclic amines) is 1. The Morgan fingerprint density at radius 3 is 2.39 bits per heavy atom. The Kier molecular flexibility index (Phi) is 5.39. The molecule has 2 aliphatic carbocycles. The fourth-order valence-electron chi connectivity index (χ4n) is 4.30. The normalized spacial score (nSPS) is 28.3. The summed E-state index contributed by atoms with van der Waals surface area (Å²) in [5.74, 6) is 0.973. The Morgan fingerprint density at radius 2 is 1.78 bits per heavy atom. The highest BCUT2D eigenvalue weighted by molar-refractivity contribution is 5.77. The lowest BCUT2D eigenvalue weighted by atomic mass is 9.89. The van der Waals surface area contributed by atoms with Crippen molar-refractivity contribution < 1.29 is 9.59 Å². The first kappa shape index (κ1) is 16.5. The maximum Gasteiger partial charge on any atom is 0.223 e. The summed E-state index contributed by atoms with van der Waals surface area (Å²) in [5.41, 5.74) is 0. The molecule has 0 aromatic rings. The molecule has 0 bridgehead atoms. The zero-order valence-corrected chi connectivity index (χ0v) is 14.4. The Labute approximate surface area is 139 Å². The maximum absolute atomic E-state index is 12.5. The zero-order chi connectivity index (χ0) is 16.2. The Hall–Kier alpha value is -1.32. The Morgan fingerprint density at radius 1 is 1.04 bits per heavy atom. The largest absolute Gasteiger partial charge is 0.343 e. The summed E-state index contributed by atoms with van der Waals surface area (Å²) in [6.07, 6.45) is 13.9. The van der Waals surface area contributed by atoms with Crippen LogP contribution in [0.2, 0.25) is 0 Å². The van der Waals surface area contributed by atoms with Gasteiger partial charge in [0.1, 0.15) is 0 Å². The lowest BCUT2D eigenvalue weighted by Crippen LogP contribution is -2.49. The van der Waals surface area contributed by atoms with Crippen LogP contribution in [0.15, 0.2) is 12.2 Å². The third kappa shape index (κ3) is 3.96. The molecule has 0 N–H and O–H groups in total. The number of hydrogen-bond acceptors (Lipinski definition) is 2. The summed E-state index contributed by atoms with van der Waals surface area (Å²) >= 11 is 0. The van der Waals surface area contributed by atoms with Gasteiger partial charge in [-0.2, -0.15) is 0 Å². The minimum atomic E-state index is 0.218. The average molecular weight is 318 g/mol. The second-order valence-electron chi connectivity index (χ2n) is 7.45. The van der Waals surface area contributed by atoms with Crippen LogP contribution >= 0.6 is 0 Å². The van der Waals surface area contributed by atoms with E-state index in [1.54, 1.807) is 6.92 Å². The molecule has 0 radical (unpaired) electrons. The van der Waals surface area contributed by atoms with Gasteiger partial charge in [-0.25, -0.2) is 0 Å². The molecular weight excluding hydrogens is 288 g/mol. The van der Waals surface area contributed by atoms with Crippen molar-refractivity contribution in [3.05, 3.63) is 12.2 Å². The molecule has 0 spiro atoms. The molecule has 128 valence electrons. The highest BCUT2D eigenvalue weighted by Crippen LogP contribution is 2.30. The first-order valence-corrected chi connectivity index (χ1v) is 9.38. The fraction of sp³-hybridized carbons (Fsp3) is 0.789. The summed E-state index contributed by atoms with van der Waals surface area (Å²) in [6.45, 7) is 3.39. The van der Waals surface area contributed by atoms with E-state index in [-0.39, 0.29) is 5.91 Å². The van der Waals surface area contributed by atoms with E-state index in [4.69, 9.17) is 0 Å². The van der Waals surface area contributed by atoms with Crippen molar-refractivity contribution in [2.75, 3.05) is 13.1 Å². The SMILES string of the molecule is CC(=O)N(C1CCC1)C1CCCN(C(=O)CC2C=CCC2)CC1. The third-order valence-electron chi connectivity index (χ3n) is 5.82. The van der Waals surface area contributed by atoms with E-state index in [1.807, 2.05) is 4.90 Å². The van der Waals surface area contributed by atoms with E-state index < -0.39 is 0 Å². The van der Waals surface area contributed by atoms with Crippen molar-refractivity contribution in [3.8, 4) is 0 Å². The van der Waals surface area contributed by atoms with Gasteiger partial charge in [0.2, 0.25) is 11.8 Å².